The molecule has 0 aliphatic carbocycles. The van der Waals surface area contributed by atoms with Crippen molar-refractivity contribution in [2.24, 2.45) is 0 Å². The van der Waals surface area contributed by atoms with Crippen LogP contribution in [0.2, 0.25) is 0 Å². The largest absolute Gasteiger partial charge is 0.461 e. The van der Waals surface area contributed by atoms with E-state index in [1.54, 1.807) is 18.7 Å². The number of ether oxygens (including phenoxy) is 3. The van der Waals surface area contributed by atoms with E-state index in [1.165, 1.54) is 0 Å². The number of aromatic nitrogens is 2. The van der Waals surface area contributed by atoms with Crippen molar-refractivity contribution in [3.63, 3.8) is 0 Å². The first-order valence-corrected chi connectivity index (χ1v) is 8.75. The van der Waals surface area contributed by atoms with Crippen LogP contribution in [0.5, 0.6) is 0 Å². The molecule has 0 aliphatic rings. The number of carbonyl (C=O) groups excluding carboxylic acids is 1. The molecule has 142 valence electrons. The molecule has 0 radical (unpaired) electrons. The molecule has 0 atom stereocenters. The molecular formula is C20H28N2O4. The van der Waals surface area contributed by atoms with Crippen LogP contribution in [0.25, 0.3) is 0 Å². The highest BCUT2D eigenvalue weighted by molar-refractivity contribution is 5.87. The number of benzene rings is 1. The van der Waals surface area contributed by atoms with Crippen molar-refractivity contribution >= 4 is 5.97 Å². The van der Waals surface area contributed by atoms with Crippen LogP contribution < -0.4 is 0 Å². The standard InChI is InChI=1S/C20H28N2O4/c1-6-26-19(23)17-11-18(20(2,3)4)21-22(17)12-15-7-9-16(10-8-15)13-25-14-24-5/h7-11H,6,12-14H2,1-5H3. The zero-order chi connectivity index (χ0) is 19.2. The minimum absolute atomic E-state index is 0.144. The Labute approximate surface area is 155 Å². The Balaban J connectivity index is 2.19. The molecule has 26 heavy (non-hydrogen) atoms. The molecule has 0 amide bonds. The van der Waals surface area contributed by atoms with Gasteiger partial charge in [0.25, 0.3) is 0 Å². The predicted octanol–water partition coefficient (Wildman–Crippen LogP) is 3.53. The van der Waals surface area contributed by atoms with Crippen molar-refractivity contribution in [1.29, 1.82) is 0 Å². The third-order valence-electron chi connectivity index (χ3n) is 3.86. The lowest BCUT2D eigenvalue weighted by molar-refractivity contribution is -0.0390. The molecular weight excluding hydrogens is 332 g/mol. The highest BCUT2D eigenvalue weighted by Gasteiger charge is 2.23. The second-order valence-corrected chi connectivity index (χ2v) is 7.11. The zero-order valence-corrected chi connectivity index (χ0v) is 16.2. The van der Waals surface area contributed by atoms with E-state index in [0.29, 0.717) is 25.5 Å². The van der Waals surface area contributed by atoms with E-state index in [-0.39, 0.29) is 18.2 Å². The lowest BCUT2D eigenvalue weighted by Crippen LogP contribution is -2.15. The summed E-state index contributed by atoms with van der Waals surface area (Å²) >= 11 is 0. The van der Waals surface area contributed by atoms with Crippen LogP contribution >= 0.6 is 0 Å². The number of carbonyl (C=O) groups is 1. The molecule has 6 heteroatoms. The van der Waals surface area contributed by atoms with E-state index in [9.17, 15) is 4.79 Å². The van der Waals surface area contributed by atoms with Crippen LogP contribution in [0.4, 0.5) is 0 Å². The van der Waals surface area contributed by atoms with Crippen molar-refractivity contribution < 1.29 is 19.0 Å². The van der Waals surface area contributed by atoms with Gasteiger partial charge in [-0.05, 0) is 24.1 Å². The van der Waals surface area contributed by atoms with E-state index in [0.717, 1.165) is 16.8 Å². The lowest BCUT2D eigenvalue weighted by atomic mass is 9.92. The maximum Gasteiger partial charge on any atom is 0.356 e. The second kappa shape index (κ2) is 8.96. The fraction of sp³-hybridized carbons (Fsp3) is 0.500. The molecule has 0 fully saturated rings. The van der Waals surface area contributed by atoms with Gasteiger partial charge >= 0.3 is 5.97 Å². The Morgan fingerprint density at radius 2 is 1.81 bits per heavy atom. The van der Waals surface area contributed by atoms with Gasteiger partial charge in [-0.25, -0.2) is 4.79 Å². The zero-order valence-electron chi connectivity index (χ0n) is 16.2. The van der Waals surface area contributed by atoms with Crippen molar-refractivity contribution in [2.75, 3.05) is 20.5 Å². The van der Waals surface area contributed by atoms with Gasteiger partial charge in [0.05, 0.1) is 25.5 Å². The van der Waals surface area contributed by atoms with E-state index in [2.05, 4.69) is 25.9 Å². The summed E-state index contributed by atoms with van der Waals surface area (Å²) in [6.45, 7) is 9.63. The first kappa shape index (κ1) is 20.1. The van der Waals surface area contributed by atoms with Gasteiger partial charge in [0, 0.05) is 12.5 Å². The van der Waals surface area contributed by atoms with Gasteiger partial charge in [0.15, 0.2) is 0 Å². The lowest BCUT2D eigenvalue weighted by Gasteiger charge is -2.14. The Morgan fingerprint density at radius 3 is 2.38 bits per heavy atom. The van der Waals surface area contributed by atoms with Gasteiger partial charge in [0.2, 0.25) is 0 Å². The molecule has 0 aliphatic heterocycles. The first-order chi connectivity index (χ1) is 12.3. The molecule has 0 bridgehead atoms. The SMILES string of the molecule is CCOC(=O)c1cc(C(C)(C)C)nn1Cc1ccc(COCOC)cc1. The minimum Gasteiger partial charge on any atom is -0.461 e. The number of rotatable bonds is 8. The Kier molecular flexibility index (Phi) is 6.94. The van der Waals surface area contributed by atoms with Crippen LogP contribution in [0.3, 0.4) is 0 Å². The summed E-state index contributed by atoms with van der Waals surface area (Å²) in [6, 6.07) is 9.86. The average molecular weight is 360 g/mol. The van der Waals surface area contributed by atoms with Crippen LogP contribution in [-0.2, 0) is 32.8 Å². The molecule has 0 spiro atoms. The fourth-order valence-electron chi connectivity index (χ4n) is 2.43. The summed E-state index contributed by atoms with van der Waals surface area (Å²) in [4.78, 5) is 12.3. The smallest absolute Gasteiger partial charge is 0.356 e. The molecule has 2 rings (SSSR count). The fourth-order valence-corrected chi connectivity index (χ4v) is 2.43. The second-order valence-electron chi connectivity index (χ2n) is 7.11. The Bertz CT molecular complexity index is 714. The maximum atomic E-state index is 12.3. The number of hydrogen-bond acceptors (Lipinski definition) is 5. The Hall–Kier alpha value is -2.18. The van der Waals surface area contributed by atoms with Gasteiger partial charge in [-0.2, -0.15) is 5.10 Å². The topological polar surface area (TPSA) is 62.6 Å². The van der Waals surface area contributed by atoms with Crippen molar-refractivity contribution in [1.82, 2.24) is 9.78 Å². The van der Waals surface area contributed by atoms with E-state index in [1.807, 2.05) is 30.3 Å². The summed E-state index contributed by atoms with van der Waals surface area (Å²) in [7, 11) is 1.60. The quantitative estimate of drug-likeness (QED) is 0.409. The molecule has 0 N–H and O–H groups in total. The van der Waals surface area contributed by atoms with Crippen molar-refractivity contribution in [2.45, 2.75) is 46.3 Å². The summed E-state index contributed by atoms with van der Waals surface area (Å²) in [6.07, 6.45) is 0. The highest BCUT2D eigenvalue weighted by Crippen LogP contribution is 2.23. The highest BCUT2D eigenvalue weighted by atomic mass is 16.7. The monoisotopic (exact) mass is 360 g/mol. The number of hydrogen-bond donors (Lipinski definition) is 0. The molecule has 0 saturated heterocycles. The molecule has 1 heterocycles. The average Bonchev–Trinajstić information content (AvgIpc) is 3.01. The molecule has 2 aromatic rings. The van der Waals surface area contributed by atoms with Gasteiger partial charge in [-0.15, -0.1) is 0 Å². The predicted molar refractivity (Wildman–Crippen MR) is 99.1 cm³/mol. The Morgan fingerprint density at radius 1 is 1.15 bits per heavy atom. The molecule has 1 aromatic heterocycles. The summed E-state index contributed by atoms with van der Waals surface area (Å²) in [5, 5.41) is 4.64. The van der Waals surface area contributed by atoms with E-state index < -0.39 is 0 Å². The van der Waals surface area contributed by atoms with Crippen LogP contribution in [0.15, 0.2) is 30.3 Å². The van der Waals surface area contributed by atoms with Gasteiger partial charge < -0.3 is 14.2 Å². The normalized spacial score (nSPS) is 11.6. The third-order valence-corrected chi connectivity index (χ3v) is 3.86. The number of esters is 1. The van der Waals surface area contributed by atoms with Crippen LogP contribution in [0, 0.1) is 0 Å². The molecule has 0 saturated carbocycles. The maximum absolute atomic E-state index is 12.3. The van der Waals surface area contributed by atoms with Crippen molar-refractivity contribution in [3.05, 3.63) is 52.8 Å². The van der Waals surface area contributed by atoms with Crippen LogP contribution in [0.1, 0.15) is 55.0 Å². The van der Waals surface area contributed by atoms with Crippen molar-refractivity contribution in [3.8, 4) is 0 Å². The van der Waals surface area contributed by atoms with E-state index in [4.69, 9.17) is 14.2 Å². The first-order valence-electron chi connectivity index (χ1n) is 8.75. The molecule has 0 unspecified atom stereocenters. The van der Waals surface area contributed by atoms with Crippen LogP contribution in [-0.4, -0.2) is 36.3 Å². The van der Waals surface area contributed by atoms with Gasteiger partial charge in [-0.3, -0.25) is 4.68 Å². The van der Waals surface area contributed by atoms with Gasteiger partial charge in [-0.1, -0.05) is 45.0 Å². The number of methoxy groups -OCH3 is 1. The molecule has 6 nitrogen and oxygen atoms in total. The third kappa shape index (κ3) is 5.41. The van der Waals surface area contributed by atoms with E-state index >= 15 is 0 Å². The van der Waals surface area contributed by atoms with Gasteiger partial charge in [0.1, 0.15) is 12.5 Å². The summed E-state index contributed by atoms with van der Waals surface area (Å²) in [5.74, 6) is -0.347. The molecule has 1 aromatic carbocycles. The number of nitrogens with zero attached hydrogens (tertiary/aromatic N) is 2. The summed E-state index contributed by atoms with van der Waals surface area (Å²) in [5.41, 5.74) is 3.31. The summed E-state index contributed by atoms with van der Waals surface area (Å²) < 4.78 is 17.1. The minimum atomic E-state index is -0.347.